The van der Waals surface area contributed by atoms with Crippen LogP contribution in [0, 0.1) is 0 Å². The van der Waals surface area contributed by atoms with E-state index in [1.54, 1.807) is 7.11 Å². The molecule has 142 valence electrons. The zero-order valence-electron chi connectivity index (χ0n) is 15.7. The summed E-state index contributed by atoms with van der Waals surface area (Å²) in [5.74, 6) is 1.78. The van der Waals surface area contributed by atoms with Crippen molar-refractivity contribution in [2.24, 2.45) is 0 Å². The number of nitrogens with zero attached hydrogens (tertiary/aromatic N) is 1. The number of nitrogens with one attached hydrogen (secondary N) is 1. The van der Waals surface area contributed by atoms with Gasteiger partial charge in [0.25, 0.3) is 0 Å². The van der Waals surface area contributed by atoms with Crippen LogP contribution in [-0.4, -0.2) is 34.6 Å². The Balaban J connectivity index is 1.56. The van der Waals surface area contributed by atoms with Gasteiger partial charge in [-0.2, -0.15) is 0 Å². The Morgan fingerprint density at radius 3 is 2.52 bits per heavy atom. The molecule has 0 unspecified atom stereocenters. The number of carbonyl (C=O) groups is 1. The van der Waals surface area contributed by atoms with Gasteiger partial charge in [-0.3, -0.25) is 4.79 Å². The van der Waals surface area contributed by atoms with E-state index in [-0.39, 0.29) is 12.4 Å². The number of methoxy groups -OCH3 is 1. The quantitative estimate of drug-likeness (QED) is 0.525. The van der Waals surface area contributed by atoms with Gasteiger partial charge in [0.05, 0.1) is 18.1 Å². The number of ketones is 1. The Morgan fingerprint density at radius 2 is 1.78 bits per heavy atom. The molecular formula is C22H26N2O3. The fourth-order valence-corrected chi connectivity index (χ4v) is 3.19. The van der Waals surface area contributed by atoms with Crippen molar-refractivity contribution in [3.63, 3.8) is 0 Å². The van der Waals surface area contributed by atoms with E-state index in [4.69, 9.17) is 9.84 Å². The number of unbranched alkanes of at least 4 members (excludes halogenated alkanes) is 3. The van der Waals surface area contributed by atoms with Gasteiger partial charge >= 0.3 is 0 Å². The monoisotopic (exact) mass is 366 g/mol. The average molecular weight is 366 g/mol. The Hall–Kier alpha value is -2.66. The highest BCUT2D eigenvalue weighted by Gasteiger charge is 2.06. The predicted molar refractivity (Wildman–Crippen MR) is 107 cm³/mol. The lowest BCUT2D eigenvalue weighted by molar-refractivity contribution is -0.121. The highest BCUT2D eigenvalue weighted by Crippen LogP contribution is 2.25. The minimum Gasteiger partial charge on any atom is -0.497 e. The number of aliphatic hydroxyl groups excluding tert-OH is 1. The number of aliphatic hydroxyl groups is 1. The predicted octanol–water partition coefficient (Wildman–Crippen LogP) is 4.29. The molecule has 3 rings (SSSR count). The van der Waals surface area contributed by atoms with Gasteiger partial charge in [-0.1, -0.05) is 31.0 Å². The second-order valence-corrected chi connectivity index (χ2v) is 6.75. The first-order valence-electron chi connectivity index (χ1n) is 9.45. The van der Waals surface area contributed by atoms with Crippen molar-refractivity contribution in [3.8, 4) is 16.9 Å². The molecule has 0 fully saturated rings. The maximum Gasteiger partial charge on any atom is 0.158 e. The topological polar surface area (TPSA) is 75.2 Å². The van der Waals surface area contributed by atoms with Crippen molar-refractivity contribution in [3.05, 3.63) is 48.3 Å². The molecule has 0 saturated heterocycles. The van der Waals surface area contributed by atoms with Gasteiger partial charge in [-0.15, -0.1) is 0 Å². The van der Waals surface area contributed by atoms with Crippen molar-refractivity contribution < 1.29 is 14.6 Å². The fraction of sp³-hybridized carbons (Fsp3) is 0.364. The number of aryl methyl sites for hydroxylation is 1. The van der Waals surface area contributed by atoms with Gasteiger partial charge in [-0.25, -0.2) is 4.98 Å². The molecule has 0 bridgehead atoms. The number of hydrogen-bond donors (Lipinski definition) is 2. The van der Waals surface area contributed by atoms with E-state index in [9.17, 15) is 4.79 Å². The Bertz CT molecular complexity index is 884. The van der Waals surface area contributed by atoms with Gasteiger partial charge in [-0.05, 0) is 48.2 Å². The minimum absolute atomic E-state index is 0.0695. The number of carbonyl (C=O) groups excluding carboxylic acids is 1. The van der Waals surface area contributed by atoms with Gasteiger partial charge in [0.2, 0.25) is 0 Å². The number of Topliss-reactive ketones (excluding diaryl/α,β-unsaturated/α-hetero) is 1. The first-order chi connectivity index (χ1) is 13.2. The lowest BCUT2D eigenvalue weighted by atomic mass is 10.1. The number of fused-ring (bicyclic) bond motifs is 1. The summed E-state index contributed by atoms with van der Waals surface area (Å²) < 4.78 is 5.21. The average Bonchev–Trinajstić information content (AvgIpc) is 3.12. The summed E-state index contributed by atoms with van der Waals surface area (Å²) in [6.45, 7) is -0.336. The molecule has 0 saturated carbocycles. The van der Waals surface area contributed by atoms with Crippen LogP contribution in [0.4, 0.5) is 0 Å². The summed E-state index contributed by atoms with van der Waals surface area (Å²) >= 11 is 0. The standard InChI is InChI=1S/C22H26N2O3/c1-27-19-11-8-16(9-12-19)17-10-13-20-21(14-17)24-22(23-20)7-5-3-2-4-6-18(26)15-25/h8-14,25H,2-7,15H2,1H3,(H,23,24). The normalized spacial score (nSPS) is 11.0. The molecule has 0 amide bonds. The number of aromatic amines is 1. The molecule has 2 aromatic carbocycles. The number of imidazole rings is 1. The Morgan fingerprint density at radius 1 is 1.04 bits per heavy atom. The molecule has 2 N–H and O–H groups in total. The molecule has 0 spiro atoms. The van der Waals surface area contributed by atoms with Gasteiger partial charge in [0.1, 0.15) is 18.2 Å². The van der Waals surface area contributed by atoms with Crippen LogP contribution in [-0.2, 0) is 11.2 Å². The number of aromatic nitrogens is 2. The molecule has 0 radical (unpaired) electrons. The molecular weight excluding hydrogens is 340 g/mol. The van der Waals surface area contributed by atoms with Crippen molar-refractivity contribution >= 4 is 16.8 Å². The van der Waals surface area contributed by atoms with Crippen LogP contribution in [0.25, 0.3) is 22.2 Å². The number of benzene rings is 2. The summed E-state index contributed by atoms with van der Waals surface area (Å²) in [5.41, 5.74) is 4.32. The molecule has 3 aromatic rings. The van der Waals surface area contributed by atoms with Crippen LogP contribution in [0.2, 0.25) is 0 Å². The van der Waals surface area contributed by atoms with Crippen molar-refractivity contribution in [2.75, 3.05) is 13.7 Å². The van der Waals surface area contributed by atoms with Gasteiger partial charge < -0.3 is 14.8 Å². The van der Waals surface area contributed by atoms with Crippen molar-refractivity contribution in [2.45, 2.75) is 38.5 Å². The molecule has 5 nitrogen and oxygen atoms in total. The molecule has 0 aliphatic carbocycles. The third-order valence-electron chi connectivity index (χ3n) is 4.75. The Labute approximate surface area is 159 Å². The maximum atomic E-state index is 11.1. The minimum atomic E-state index is -0.336. The molecule has 5 heteroatoms. The lowest BCUT2D eigenvalue weighted by Gasteiger charge is -2.03. The lowest BCUT2D eigenvalue weighted by Crippen LogP contribution is -2.02. The Kier molecular flexibility index (Phi) is 6.60. The zero-order valence-corrected chi connectivity index (χ0v) is 15.7. The molecule has 0 atom stereocenters. The first kappa shape index (κ1) is 19.1. The van der Waals surface area contributed by atoms with Crippen molar-refractivity contribution in [1.82, 2.24) is 9.97 Å². The van der Waals surface area contributed by atoms with E-state index in [1.807, 2.05) is 12.1 Å². The van der Waals surface area contributed by atoms with Crippen LogP contribution in [0.15, 0.2) is 42.5 Å². The highest BCUT2D eigenvalue weighted by molar-refractivity contribution is 5.82. The summed E-state index contributed by atoms with van der Waals surface area (Å²) in [5, 5.41) is 8.70. The van der Waals surface area contributed by atoms with Gasteiger partial charge in [0.15, 0.2) is 5.78 Å². The number of H-pyrrole nitrogens is 1. The summed E-state index contributed by atoms with van der Waals surface area (Å²) in [6, 6.07) is 14.3. The van der Waals surface area contributed by atoms with Crippen LogP contribution in [0.5, 0.6) is 5.75 Å². The van der Waals surface area contributed by atoms with E-state index in [0.29, 0.717) is 6.42 Å². The zero-order chi connectivity index (χ0) is 19.1. The van der Waals surface area contributed by atoms with E-state index in [2.05, 4.69) is 40.3 Å². The van der Waals surface area contributed by atoms with Crippen LogP contribution in [0.3, 0.4) is 0 Å². The number of ether oxygens (including phenoxy) is 1. The van der Waals surface area contributed by atoms with Gasteiger partial charge in [0, 0.05) is 12.8 Å². The van der Waals surface area contributed by atoms with Crippen LogP contribution in [0.1, 0.15) is 37.9 Å². The largest absolute Gasteiger partial charge is 0.497 e. The smallest absolute Gasteiger partial charge is 0.158 e. The fourth-order valence-electron chi connectivity index (χ4n) is 3.19. The van der Waals surface area contributed by atoms with E-state index < -0.39 is 0 Å². The third-order valence-corrected chi connectivity index (χ3v) is 4.75. The molecule has 1 aromatic heterocycles. The van der Waals surface area contributed by atoms with Crippen LogP contribution < -0.4 is 4.74 Å². The number of hydrogen-bond acceptors (Lipinski definition) is 4. The molecule has 27 heavy (non-hydrogen) atoms. The highest BCUT2D eigenvalue weighted by atomic mass is 16.5. The first-order valence-corrected chi connectivity index (χ1v) is 9.45. The summed E-state index contributed by atoms with van der Waals surface area (Å²) in [7, 11) is 1.67. The van der Waals surface area contributed by atoms with E-state index >= 15 is 0 Å². The van der Waals surface area contributed by atoms with E-state index in [0.717, 1.165) is 65.8 Å². The third kappa shape index (κ3) is 5.17. The van der Waals surface area contributed by atoms with Crippen molar-refractivity contribution in [1.29, 1.82) is 0 Å². The second kappa shape index (κ2) is 9.33. The molecule has 1 heterocycles. The maximum absolute atomic E-state index is 11.1. The summed E-state index contributed by atoms with van der Waals surface area (Å²) in [6.07, 6.45) is 5.35. The SMILES string of the molecule is COc1ccc(-c2ccc3nc(CCCCCCC(=O)CO)[nH]c3c2)cc1. The van der Waals surface area contributed by atoms with E-state index in [1.165, 1.54) is 0 Å². The summed E-state index contributed by atoms with van der Waals surface area (Å²) in [4.78, 5) is 19.2. The molecule has 0 aliphatic heterocycles. The molecule has 0 aliphatic rings. The van der Waals surface area contributed by atoms with Crippen LogP contribution >= 0.6 is 0 Å². The second-order valence-electron chi connectivity index (χ2n) is 6.75. The number of rotatable bonds is 10.